The van der Waals surface area contributed by atoms with Crippen LogP contribution in [0.1, 0.15) is 16.8 Å². The first-order valence-electron chi connectivity index (χ1n) is 5.19. The summed E-state index contributed by atoms with van der Waals surface area (Å²) < 4.78 is 5.22. The van der Waals surface area contributed by atoms with Crippen LogP contribution in [-0.2, 0) is 12.8 Å². The van der Waals surface area contributed by atoms with Crippen LogP contribution in [0, 0.1) is 0 Å². The quantitative estimate of drug-likeness (QED) is 0.807. The van der Waals surface area contributed by atoms with E-state index in [4.69, 9.17) is 4.52 Å². The standard InChI is InChI=1S/C12H12N2O/c1-2-4-9(5-3-1)8-11-10-6-7-13-12(10)15-14-11/h1-5,13H,6-8H2. The van der Waals surface area contributed by atoms with E-state index < -0.39 is 0 Å². The molecule has 2 heterocycles. The Morgan fingerprint density at radius 1 is 1.27 bits per heavy atom. The molecule has 0 unspecified atom stereocenters. The van der Waals surface area contributed by atoms with E-state index in [1.54, 1.807) is 0 Å². The SMILES string of the molecule is c1ccc(Cc2noc3c2CCN3)cc1. The molecule has 0 spiro atoms. The molecular weight excluding hydrogens is 188 g/mol. The van der Waals surface area contributed by atoms with Crippen molar-refractivity contribution >= 4 is 5.88 Å². The molecule has 1 aromatic heterocycles. The highest BCUT2D eigenvalue weighted by molar-refractivity contribution is 5.49. The number of aromatic nitrogens is 1. The van der Waals surface area contributed by atoms with E-state index in [2.05, 4.69) is 22.6 Å². The maximum absolute atomic E-state index is 5.22. The molecule has 0 amide bonds. The van der Waals surface area contributed by atoms with Crippen LogP contribution in [0.5, 0.6) is 0 Å². The van der Waals surface area contributed by atoms with Gasteiger partial charge in [0.1, 0.15) is 0 Å². The van der Waals surface area contributed by atoms with Crippen molar-refractivity contribution in [2.75, 3.05) is 11.9 Å². The van der Waals surface area contributed by atoms with Gasteiger partial charge in [0.25, 0.3) is 0 Å². The number of rotatable bonds is 2. The molecule has 0 saturated carbocycles. The normalized spacial score (nSPS) is 13.6. The minimum atomic E-state index is 0.862. The Morgan fingerprint density at radius 3 is 3.00 bits per heavy atom. The minimum absolute atomic E-state index is 0.862. The van der Waals surface area contributed by atoms with E-state index in [0.29, 0.717) is 0 Å². The molecule has 76 valence electrons. The lowest BCUT2D eigenvalue weighted by Crippen LogP contribution is -1.95. The van der Waals surface area contributed by atoms with Crippen molar-refractivity contribution in [1.82, 2.24) is 5.16 Å². The lowest BCUT2D eigenvalue weighted by Gasteiger charge is -1.97. The van der Waals surface area contributed by atoms with Crippen molar-refractivity contribution in [3.8, 4) is 0 Å². The van der Waals surface area contributed by atoms with Crippen LogP contribution in [0.4, 0.5) is 5.88 Å². The zero-order valence-corrected chi connectivity index (χ0v) is 8.36. The van der Waals surface area contributed by atoms with Gasteiger partial charge in [-0.15, -0.1) is 0 Å². The average Bonchev–Trinajstić information content (AvgIpc) is 2.85. The molecule has 1 aliphatic rings. The van der Waals surface area contributed by atoms with E-state index in [1.165, 1.54) is 11.1 Å². The number of anilines is 1. The first kappa shape index (κ1) is 8.53. The van der Waals surface area contributed by atoms with Crippen molar-refractivity contribution in [2.24, 2.45) is 0 Å². The molecule has 15 heavy (non-hydrogen) atoms. The zero-order chi connectivity index (χ0) is 10.1. The smallest absolute Gasteiger partial charge is 0.228 e. The van der Waals surface area contributed by atoms with Gasteiger partial charge in [0.2, 0.25) is 5.88 Å². The summed E-state index contributed by atoms with van der Waals surface area (Å²) in [6, 6.07) is 10.4. The molecule has 0 fully saturated rings. The second-order valence-corrected chi connectivity index (χ2v) is 3.78. The Balaban J connectivity index is 1.89. The third-order valence-corrected chi connectivity index (χ3v) is 2.74. The van der Waals surface area contributed by atoms with Crippen LogP contribution in [0.25, 0.3) is 0 Å². The molecule has 3 nitrogen and oxygen atoms in total. The molecule has 0 atom stereocenters. The Hall–Kier alpha value is -1.77. The summed E-state index contributed by atoms with van der Waals surface area (Å²) in [6.07, 6.45) is 1.89. The summed E-state index contributed by atoms with van der Waals surface area (Å²) in [6.45, 7) is 0.971. The molecule has 3 rings (SSSR count). The molecule has 0 saturated heterocycles. The third kappa shape index (κ3) is 1.50. The second-order valence-electron chi connectivity index (χ2n) is 3.78. The molecule has 0 aliphatic carbocycles. The monoisotopic (exact) mass is 200 g/mol. The Labute approximate surface area is 88.1 Å². The highest BCUT2D eigenvalue weighted by Gasteiger charge is 2.20. The van der Waals surface area contributed by atoms with Gasteiger partial charge in [0.05, 0.1) is 5.69 Å². The van der Waals surface area contributed by atoms with Gasteiger partial charge in [-0.2, -0.15) is 0 Å². The van der Waals surface area contributed by atoms with E-state index in [0.717, 1.165) is 31.0 Å². The number of nitrogens with zero attached hydrogens (tertiary/aromatic N) is 1. The maximum atomic E-state index is 5.22. The van der Waals surface area contributed by atoms with Crippen LogP contribution in [0.15, 0.2) is 34.9 Å². The molecule has 1 aromatic carbocycles. The van der Waals surface area contributed by atoms with E-state index in [1.807, 2.05) is 18.2 Å². The fourth-order valence-electron chi connectivity index (χ4n) is 1.97. The predicted molar refractivity (Wildman–Crippen MR) is 57.9 cm³/mol. The summed E-state index contributed by atoms with van der Waals surface area (Å²) in [5.74, 6) is 0.862. The van der Waals surface area contributed by atoms with Crippen LogP contribution in [-0.4, -0.2) is 11.7 Å². The Bertz CT molecular complexity index is 462. The van der Waals surface area contributed by atoms with E-state index in [-0.39, 0.29) is 0 Å². The van der Waals surface area contributed by atoms with E-state index >= 15 is 0 Å². The van der Waals surface area contributed by atoms with Crippen molar-refractivity contribution < 1.29 is 4.52 Å². The van der Waals surface area contributed by atoms with Gasteiger partial charge >= 0.3 is 0 Å². The van der Waals surface area contributed by atoms with Crippen LogP contribution >= 0.6 is 0 Å². The second kappa shape index (κ2) is 3.42. The summed E-state index contributed by atoms with van der Waals surface area (Å²) >= 11 is 0. The molecular formula is C12H12N2O. The fourth-order valence-corrected chi connectivity index (χ4v) is 1.97. The Kier molecular flexibility index (Phi) is 1.95. The van der Waals surface area contributed by atoms with Crippen molar-refractivity contribution in [2.45, 2.75) is 12.8 Å². The van der Waals surface area contributed by atoms with Crippen molar-refractivity contribution in [1.29, 1.82) is 0 Å². The van der Waals surface area contributed by atoms with E-state index in [9.17, 15) is 0 Å². The Morgan fingerprint density at radius 2 is 2.13 bits per heavy atom. The van der Waals surface area contributed by atoms with Gasteiger partial charge < -0.3 is 9.84 Å². The van der Waals surface area contributed by atoms with Crippen molar-refractivity contribution in [3.05, 3.63) is 47.2 Å². The number of benzene rings is 1. The largest absolute Gasteiger partial charge is 0.353 e. The zero-order valence-electron chi connectivity index (χ0n) is 8.36. The number of hydrogen-bond donors (Lipinski definition) is 1. The summed E-state index contributed by atoms with van der Waals surface area (Å²) in [7, 11) is 0. The maximum Gasteiger partial charge on any atom is 0.228 e. The third-order valence-electron chi connectivity index (χ3n) is 2.74. The van der Waals surface area contributed by atoms with Crippen LogP contribution in [0.2, 0.25) is 0 Å². The van der Waals surface area contributed by atoms with Gasteiger partial charge in [-0.1, -0.05) is 35.5 Å². The predicted octanol–water partition coefficient (Wildman–Crippen LogP) is 2.23. The summed E-state index contributed by atoms with van der Waals surface area (Å²) in [5, 5.41) is 7.27. The van der Waals surface area contributed by atoms with Gasteiger partial charge in [-0.25, -0.2) is 0 Å². The number of hydrogen-bond acceptors (Lipinski definition) is 3. The van der Waals surface area contributed by atoms with Gasteiger partial charge in [-0.05, 0) is 12.0 Å². The van der Waals surface area contributed by atoms with Crippen molar-refractivity contribution in [3.63, 3.8) is 0 Å². The summed E-state index contributed by atoms with van der Waals surface area (Å²) in [5.41, 5.74) is 3.60. The number of fused-ring (bicyclic) bond motifs is 1. The topological polar surface area (TPSA) is 38.1 Å². The minimum Gasteiger partial charge on any atom is -0.353 e. The first-order valence-corrected chi connectivity index (χ1v) is 5.19. The van der Waals surface area contributed by atoms with Gasteiger partial charge in [0.15, 0.2) is 0 Å². The molecule has 3 heteroatoms. The average molecular weight is 200 g/mol. The lowest BCUT2D eigenvalue weighted by atomic mass is 10.1. The lowest BCUT2D eigenvalue weighted by molar-refractivity contribution is 0.426. The van der Waals surface area contributed by atoms with Gasteiger partial charge in [0, 0.05) is 18.5 Å². The molecule has 0 bridgehead atoms. The molecule has 1 N–H and O–H groups in total. The number of nitrogens with one attached hydrogen (secondary N) is 1. The van der Waals surface area contributed by atoms with Crippen LogP contribution in [0.3, 0.4) is 0 Å². The molecule has 1 aliphatic heterocycles. The highest BCUT2D eigenvalue weighted by atomic mass is 16.5. The molecule has 0 radical (unpaired) electrons. The highest BCUT2D eigenvalue weighted by Crippen LogP contribution is 2.26. The first-order chi connectivity index (χ1) is 7.43. The fraction of sp³-hybridized carbons (Fsp3) is 0.250. The van der Waals surface area contributed by atoms with Gasteiger partial charge in [-0.3, -0.25) is 0 Å². The molecule has 2 aromatic rings. The van der Waals surface area contributed by atoms with Crippen LogP contribution < -0.4 is 5.32 Å². The summed E-state index contributed by atoms with van der Waals surface area (Å²) in [4.78, 5) is 0.